The normalized spacial score (nSPS) is 15.8. The number of pyridine rings is 1. The molecule has 0 atom stereocenters. The van der Waals surface area contributed by atoms with Crippen LogP contribution in [0.5, 0.6) is 0 Å². The number of carbonyl (C=O) groups is 1. The molecular weight excluding hydrogens is 357 g/mol. The standard InChI is InChI=1S/C15H19F3N4O4/c1-14(2,3)26-13(23)21-6-4-20(5-7-21)12-11(15(16,17)18)8-10(9-19-12)22(24)25/h8-9H,4-7H2,1-3H3. The van der Waals surface area contributed by atoms with Crippen LogP contribution in [0.4, 0.5) is 29.5 Å². The fourth-order valence-corrected chi connectivity index (χ4v) is 2.43. The van der Waals surface area contributed by atoms with Crippen molar-refractivity contribution >= 4 is 17.6 Å². The van der Waals surface area contributed by atoms with E-state index in [0.717, 1.165) is 6.20 Å². The zero-order chi connectivity index (χ0) is 19.7. The van der Waals surface area contributed by atoms with Gasteiger partial charge in [-0.25, -0.2) is 9.78 Å². The van der Waals surface area contributed by atoms with Gasteiger partial charge in [0.05, 0.1) is 4.92 Å². The molecule has 0 spiro atoms. The van der Waals surface area contributed by atoms with Crippen LogP contribution >= 0.6 is 0 Å². The smallest absolute Gasteiger partial charge is 0.420 e. The maximum atomic E-state index is 13.3. The van der Waals surface area contributed by atoms with Gasteiger partial charge in [0, 0.05) is 32.2 Å². The molecule has 1 aliphatic heterocycles. The molecule has 1 fully saturated rings. The van der Waals surface area contributed by atoms with Crippen LogP contribution in [0, 0.1) is 10.1 Å². The molecule has 0 aromatic carbocycles. The number of amides is 1. The molecule has 8 nitrogen and oxygen atoms in total. The minimum atomic E-state index is -4.78. The SMILES string of the molecule is CC(C)(C)OC(=O)N1CCN(c2ncc([N+](=O)[O-])cc2C(F)(F)F)CC1. The van der Waals surface area contributed by atoms with Crippen molar-refractivity contribution < 1.29 is 27.6 Å². The Morgan fingerprint density at radius 2 is 1.81 bits per heavy atom. The molecule has 0 aliphatic carbocycles. The van der Waals surface area contributed by atoms with Crippen LogP contribution in [-0.2, 0) is 10.9 Å². The molecule has 0 N–H and O–H groups in total. The molecule has 2 heterocycles. The number of piperazine rings is 1. The zero-order valence-corrected chi connectivity index (χ0v) is 14.5. The van der Waals surface area contributed by atoms with Gasteiger partial charge in [0.1, 0.15) is 23.2 Å². The van der Waals surface area contributed by atoms with Crippen molar-refractivity contribution in [3.63, 3.8) is 0 Å². The Balaban J connectivity index is 2.16. The molecule has 0 unspecified atom stereocenters. The van der Waals surface area contributed by atoms with Gasteiger partial charge in [0.2, 0.25) is 0 Å². The Hall–Kier alpha value is -2.59. The number of rotatable bonds is 2. The number of hydrogen-bond acceptors (Lipinski definition) is 6. The summed E-state index contributed by atoms with van der Waals surface area (Å²) in [6.45, 7) is 5.68. The fourth-order valence-electron chi connectivity index (χ4n) is 2.43. The number of nitro groups is 1. The number of carbonyl (C=O) groups excluding carboxylic acids is 1. The molecule has 26 heavy (non-hydrogen) atoms. The molecule has 2 rings (SSSR count). The van der Waals surface area contributed by atoms with Gasteiger partial charge in [-0.05, 0) is 20.8 Å². The molecule has 1 aliphatic rings. The monoisotopic (exact) mass is 376 g/mol. The quantitative estimate of drug-likeness (QED) is 0.582. The van der Waals surface area contributed by atoms with Crippen LogP contribution in [-0.4, -0.2) is 52.7 Å². The van der Waals surface area contributed by atoms with Crippen LogP contribution in [0.1, 0.15) is 26.3 Å². The average Bonchev–Trinajstić information content (AvgIpc) is 2.52. The lowest BCUT2D eigenvalue weighted by Gasteiger charge is -2.36. The van der Waals surface area contributed by atoms with Crippen molar-refractivity contribution in [3.8, 4) is 0 Å². The van der Waals surface area contributed by atoms with E-state index in [1.165, 1.54) is 9.80 Å². The lowest BCUT2D eigenvalue weighted by Crippen LogP contribution is -2.50. The molecule has 144 valence electrons. The second-order valence-electron chi connectivity index (χ2n) is 6.77. The first-order valence-corrected chi connectivity index (χ1v) is 7.83. The number of hydrogen-bond donors (Lipinski definition) is 0. The van der Waals surface area contributed by atoms with Gasteiger partial charge < -0.3 is 14.5 Å². The van der Waals surface area contributed by atoms with Crippen molar-refractivity contribution in [3.05, 3.63) is 27.9 Å². The maximum Gasteiger partial charge on any atom is 0.420 e. The summed E-state index contributed by atoms with van der Waals surface area (Å²) in [4.78, 5) is 28.2. The van der Waals surface area contributed by atoms with Crippen LogP contribution < -0.4 is 4.90 Å². The molecule has 11 heteroatoms. The number of ether oxygens (including phenoxy) is 1. The van der Waals surface area contributed by atoms with Crippen molar-refractivity contribution in [2.75, 3.05) is 31.1 Å². The van der Waals surface area contributed by atoms with E-state index in [2.05, 4.69) is 4.98 Å². The fraction of sp³-hybridized carbons (Fsp3) is 0.600. The minimum Gasteiger partial charge on any atom is -0.444 e. The summed E-state index contributed by atoms with van der Waals surface area (Å²) in [6, 6.07) is 0.475. The number of nitrogens with zero attached hydrogens (tertiary/aromatic N) is 4. The zero-order valence-electron chi connectivity index (χ0n) is 14.5. The molecule has 0 radical (unpaired) electrons. The van der Waals surface area contributed by atoms with Crippen LogP contribution in [0.2, 0.25) is 0 Å². The predicted molar refractivity (Wildman–Crippen MR) is 85.9 cm³/mol. The van der Waals surface area contributed by atoms with Crippen LogP contribution in [0.3, 0.4) is 0 Å². The van der Waals surface area contributed by atoms with Gasteiger partial charge in [-0.3, -0.25) is 10.1 Å². The Morgan fingerprint density at radius 3 is 2.27 bits per heavy atom. The van der Waals surface area contributed by atoms with Crippen molar-refractivity contribution in [1.29, 1.82) is 0 Å². The highest BCUT2D eigenvalue weighted by molar-refractivity contribution is 5.68. The summed E-state index contributed by atoms with van der Waals surface area (Å²) in [7, 11) is 0. The van der Waals surface area contributed by atoms with E-state index in [4.69, 9.17) is 4.74 Å². The first-order valence-electron chi connectivity index (χ1n) is 7.83. The van der Waals surface area contributed by atoms with E-state index in [-0.39, 0.29) is 32.0 Å². The van der Waals surface area contributed by atoms with Crippen LogP contribution in [0.15, 0.2) is 12.3 Å². The van der Waals surface area contributed by atoms with Gasteiger partial charge in [-0.1, -0.05) is 0 Å². The summed E-state index contributed by atoms with van der Waals surface area (Å²) in [5, 5.41) is 10.7. The number of halogens is 3. The van der Waals surface area contributed by atoms with Crippen molar-refractivity contribution in [1.82, 2.24) is 9.88 Å². The Labute approximate surface area is 147 Å². The molecule has 0 bridgehead atoms. The highest BCUT2D eigenvalue weighted by Crippen LogP contribution is 2.37. The van der Waals surface area contributed by atoms with Gasteiger partial charge in [0.25, 0.3) is 5.69 Å². The molecule has 1 aromatic rings. The van der Waals surface area contributed by atoms with E-state index in [1.54, 1.807) is 20.8 Å². The second kappa shape index (κ2) is 6.96. The molecular formula is C15H19F3N4O4. The third-order valence-corrected chi connectivity index (χ3v) is 3.60. The van der Waals surface area contributed by atoms with Gasteiger partial charge in [-0.2, -0.15) is 13.2 Å². The maximum absolute atomic E-state index is 13.3. The largest absolute Gasteiger partial charge is 0.444 e. The Bertz CT molecular complexity index is 695. The second-order valence-corrected chi connectivity index (χ2v) is 6.77. The highest BCUT2D eigenvalue weighted by atomic mass is 19.4. The number of anilines is 1. The average molecular weight is 376 g/mol. The van der Waals surface area contributed by atoms with Crippen molar-refractivity contribution in [2.45, 2.75) is 32.5 Å². The summed E-state index contributed by atoms with van der Waals surface area (Å²) in [5.41, 5.74) is -2.57. The molecule has 0 saturated carbocycles. The molecule has 1 amide bonds. The predicted octanol–water partition coefficient (Wildman–Crippen LogP) is 3.07. The van der Waals surface area contributed by atoms with E-state index in [0.29, 0.717) is 6.07 Å². The van der Waals surface area contributed by atoms with E-state index < -0.39 is 34.0 Å². The summed E-state index contributed by atoms with van der Waals surface area (Å²) in [5.74, 6) is -0.382. The summed E-state index contributed by atoms with van der Waals surface area (Å²) in [6.07, 6.45) is -4.52. The Morgan fingerprint density at radius 1 is 1.23 bits per heavy atom. The van der Waals surface area contributed by atoms with Crippen LogP contribution in [0.25, 0.3) is 0 Å². The molecule has 1 aromatic heterocycles. The number of aromatic nitrogens is 1. The third kappa shape index (κ3) is 4.73. The highest BCUT2D eigenvalue weighted by Gasteiger charge is 2.38. The lowest BCUT2D eigenvalue weighted by molar-refractivity contribution is -0.385. The lowest BCUT2D eigenvalue weighted by atomic mass is 10.2. The third-order valence-electron chi connectivity index (χ3n) is 3.60. The molecule has 1 saturated heterocycles. The first kappa shape index (κ1) is 19.7. The van der Waals surface area contributed by atoms with Gasteiger partial charge in [0.15, 0.2) is 0 Å². The summed E-state index contributed by atoms with van der Waals surface area (Å²) >= 11 is 0. The van der Waals surface area contributed by atoms with E-state index in [1.807, 2.05) is 0 Å². The number of alkyl halides is 3. The minimum absolute atomic E-state index is 0.104. The Kier molecular flexibility index (Phi) is 5.28. The topological polar surface area (TPSA) is 88.8 Å². The van der Waals surface area contributed by atoms with E-state index in [9.17, 15) is 28.1 Å². The van der Waals surface area contributed by atoms with E-state index >= 15 is 0 Å². The first-order chi connectivity index (χ1) is 11.9. The van der Waals surface area contributed by atoms with Gasteiger partial charge >= 0.3 is 12.3 Å². The summed E-state index contributed by atoms with van der Waals surface area (Å²) < 4.78 is 45.0. The van der Waals surface area contributed by atoms with Gasteiger partial charge in [-0.15, -0.1) is 0 Å². The van der Waals surface area contributed by atoms with Crippen molar-refractivity contribution in [2.24, 2.45) is 0 Å².